The second-order valence-corrected chi connectivity index (χ2v) is 6.40. The molecule has 0 radical (unpaired) electrons. The number of ether oxygens (including phenoxy) is 1. The van der Waals surface area contributed by atoms with Crippen LogP contribution in [0.25, 0.3) is 0 Å². The maximum atomic E-state index is 12.5. The predicted octanol–water partition coefficient (Wildman–Crippen LogP) is 0.960. The first-order chi connectivity index (χ1) is 12.1. The lowest BCUT2D eigenvalue weighted by Gasteiger charge is -2.32. The normalized spacial score (nSPS) is 24.1. The van der Waals surface area contributed by atoms with Gasteiger partial charge in [0.25, 0.3) is 5.91 Å². The number of hydrogen-bond donors (Lipinski definition) is 1. The highest BCUT2D eigenvalue weighted by Crippen LogP contribution is 2.34. The summed E-state index contributed by atoms with van der Waals surface area (Å²) in [5, 5.41) is 7.45. The van der Waals surface area contributed by atoms with Gasteiger partial charge in [0.1, 0.15) is 12.3 Å². The number of carbonyl (C=O) groups excluding carboxylic acids is 1. The molecule has 1 amide bonds. The zero-order valence-electron chi connectivity index (χ0n) is 14.3. The van der Waals surface area contributed by atoms with Gasteiger partial charge in [-0.1, -0.05) is 17.3 Å². The molecule has 1 fully saturated rings. The number of likely N-dealkylation sites (N-methyl/N-ethyl adjacent to an activating group) is 1. The van der Waals surface area contributed by atoms with Gasteiger partial charge in [-0.25, -0.2) is 0 Å². The number of para-hydroxylation sites is 2. The number of hydrogen-bond acceptors (Lipinski definition) is 7. The van der Waals surface area contributed by atoms with E-state index in [4.69, 9.17) is 9.26 Å². The molecule has 2 atom stereocenters. The number of benzene rings is 1. The van der Waals surface area contributed by atoms with Gasteiger partial charge in [0.05, 0.1) is 11.7 Å². The average molecular weight is 343 g/mol. The Hall–Kier alpha value is -2.45. The van der Waals surface area contributed by atoms with E-state index in [1.165, 1.54) is 0 Å². The molecule has 2 aromatic rings. The van der Waals surface area contributed by atoms with E-state index in [0.717, 1.165) is 25.3 Å². The van der Waals surface area contributed by atoms with Gasteiger partial charge in [-0.3, -0.25) is 14.6 Å². The molecular weight excluding hydrogens is 322 g/mol. The van der Waals surface area contributed by atoms with Crippen LogP contribution >= 0.6 is 0 Å². The minimum absolute atomic E-state index is 0.0813. The Balaban J connectivity index is 1.57. The summed E-state index contributed by atoms with van der Waals surface area (Å²) in [4.78, 5) is 20.9. The minimum atomic E-state index is -0.536. The maximum absolute atomic E-state index is 12.5. The molecule has 2 aliphatic heterocycles. The van der Waals surface area contributed by atoms with Gasteiger partial charge in [-0.05, 0) is 26.1 Å². The van der Waals surface area contributed by atoms with Gasteiger partial charge in [-0.2, -0.15) is 4.98 Å². The lowest BCUT2D eigenvalue weighted by Crippen LogP contribution is -2.44. The maximum Gasteiger partial charge on any atom is 0.268 e. The van der Waals surface area contributed by atoms with E-state index < -0.39 is 6.10 Å². The van der Waals surface area contributed by atoms with Crippen LogP contribution in [0.5, 0.6) is 5.75 Å². The molecule has 1 N–H and O–H groups in total. The van der Waals surface area contributed by atoms with Gasteiger partial charge in [0.2, 0.25) is 5.89 Å². The highest BCUT2D eigenvalue weighted by atomic mass is 16.5. The Morgan fingerprint density at radius 2 is 2.20 bits per heavy atom. The third-order valence-electron chi connectivity index (χ3n) is 4.66. The molecule has 8 nitrogen and oxygen atoms in total. The van der Waals surface area contributed by atoms with Gasteiger partial charge >= 0.3 is 0 Å². The Bertz CT molecular complexity index is 777. The summed E-state index contributed by atoms with van der Waals surface area (Å²) in [6, 6.07) is 7.55. The van der Waals surface area contributed by atoms with Crippen molar-refractivity contribution in [1.82, 2.24) is 20.4 Å². The molecular formula is C17H21N5O3. The number of aromatic nitrogens is 2. The van der Waals surface area contributed by atoms with E-state index in [2.05, 4.69) is 20.4 Å². The fraction of sp³-hybridized carbons (Fsp3) is 0.471. The molecule has 1 aromatic heterocycles. The van der Waals surface area contributed by atoms with Crippen LogP contribution in [0.2, 0.25) is 0 Å². The molecule has 1 saturated heterocycles. The van der Waals surface area contributed by atoms with Crippen LogP contribution in [-0.4, -0.2) is 53.7 Å². The van der Waals surface area contributed by atoms with Crippen LogP contribution < -0.4 is 15.0 Å². The molecule has 132 valence electrons. The number of amides is 1. The van der Waals surface area contributed by atoms with Crippen molar-refractivity contribution >= 4 is 11.6 Å². The smallest absolute Gasteiger partial charge is 0.268 e. The van der Waals surface area contributed by atoms with Crippen molar-refractivity contribution < 1.29 is 14.1 Å². The van der Waals surface area contributed by atoms with Crippen LogP contribution in [0.1, 0.15) is 24.7 Å². The Morgan fingerprint density at radius 1 is 1.36 bits per heavy atom. The second kappa shape index (κ2) is 6.45. The van der Waals surface area contributed by atoms with E-state index in [1.54, 1.807) is 11.8 Å². The molecule has 2 aliphatic rings. The Morgan fingerprint density at radius 3 is 3.04 bits per heavy atom. The number of nitrogens with zero attached hydrogens (tertiary/aromatic N) is 4. The Kier molecular flexibility index (Phi) is 4.14. The summed E-state index contributed by atoms with van der Waals surface area (Å²) in [6.07, 6.45) is -0.536. The molecule has 0 bridgehead atoms. The van der Waals surface area contributed by atoms with Gasteiger partial charge in [0, 0.05) is 19.6 Å². The highest BCUT2D eigenvalue weighted by Gasteiger charge is 2.33. The van der Waals surface area contributed by atoms with Crippen LogP contribution in [0.15, 0.2) is 28.8 Å². The predicted molar refractivity (Wildman–Crippen MR) is 90.3 cm³/mol. The zero-order valence-corrected chi connectivity index (χ0v) is 14.3. The third-order valence-corrected chi connectivity index (χ3v) is 4.66. The molecule has 4 rings (SSSR count). The summed E-state index contributed by atoms with van der Waals surface area (Å²) >= 11 is 0. The van der Waals surface area contributed by atoms with E-state index >= 15 is 0 Å². The SMILES string of the molecule is CC1Oc2ccccc2N(Cc2nc(C3CNCCN3C)no2)C1=O. The number of carbonyl (C=O) groups is 1. The summed E-state index contributed by atoms with van der Waals surface area (Å²) < 4.78 is 11.1. The summed E-state index contributed by atoms with van der Waals surface area (Å²) in [6.45, 7) is 4.65. The lowest BCUT2D eigenvalue weighted by molar-refractivity contribution is -0.125. The quantitative estimate of drug-likeness (QED) is 0.888. The van der Waals surface area contributed by atoms with E-state index in [-0.39, 0.29) is 18.5 Å². The van der Waals surface area contributed by atoms with Crippen molar-refractivity contribution in [3.63, 3.8) is 0 Å². The fourth-order valence-corrected chi connectivity index (χ4v) is 3.22. The average Bonchev–Trinajstić information content (AvgIpc) is 3.08. The Labute approximate surface area is 145 Å². The zero-order chi connectivity index (χ0) is 17.4. The molecule has 1 aromatic carbocycles. The van der Waals surface area contributed by atoms with Crippen molar-refractivity contribution in [2.75, 3.05) is 31.6 Å². The fourth-order valence-electron chi connectivity index (χ4n) is 3.22. The number of piperazine rings is 1. The molecule has 0 saturated carbocycles. The molecule has 2 unspecified atom stereocenters. The van der Waals surface area contributed by atoms with Gasteiger partial charge in [0.15, 0.2) is 11.9 Å². The first kappa shape index (κ1) is 16.0. The van der Waals surface area contributed by atoms with Crippen molar-refractivity contribution in [3.8, 4) is 5.75 Å². The minimum Gasteiger partial charge on any atom is -0.479 e. The molecule has 0 aliphatic carbocycles. The van der Waals surface area contributed by atoms with E-state index in [9.17, 15) is 4.79 Å². The highest BCUT2D eigenvalue weighted by molar-refractivity contribution is 5.99. The summed E-state index contributed by atoms with van der Waals surface area (Å²) in [5.41, 5.74) is 0.724. The van der Waals surface area contributed by atoms with Crippen LogP contribution in [-0.2, 0) is 11.3 Å². The first-order valence-electron chi connectivity index (χ1n) is 8.44. The van der Waals surface area contributed by atoms with Crippen LogP contribution in [0.3, 0.4) is 0 Å². The number of rotatable bonds is 3. The third kappa shape index (κ3) is 2.98. The molecule has 8 heteroatoms. The molecule has 0 spiro atoms. The van der Waals surface area contributed by atoms with Crippen molar-refractivity contribution in [2.45, 2.75) is 25.6 Å². The number of anilines is 1. The van der Waals surface area contributed by atoms with E-state index in [0.29, 0.717) is 17.5 Å². The van der Waals surface area contributed by atoms with Gasteiger partial charge < -0.3 is 14.6 Å². The monoisotopic (exact) mass is 343 g/mol. The van der Waals surface area contributed by atoms with Crippen molar-refractivity contribution in [2.24, 2.45) is 0 Å². The summed E-state index contributed by atoms with van der Waals surface area (Å²) in [7, 11) is 2.05. The lowest BCUT2D eigenvalue weighted by atomic mass is 10.2. The van der Waals surface area contributed by atoms with Gasteiger partial charge in [-0.15, -0.1) is 0 Å². The second-order valence-electron chi connectivity index (χ2n) is 6.40. The standard InChI is InChI=1S/C17H21N5O3/c1-11-17(23)22(12-5-3-4-6-14(12)24-11)10-15-19-16(20-25-15)13-9-18-7-8-21(13)2/h3-6,11,13,18H,7-10H2,1-2H3. The van der Waals surface area contributed by atoms with Crippen molar-refractivity contribution in [3.05, 3.63) is 36.0 Å². The number of nitrogens with one attached hydrogen (secondary N) is 1. The molecule has 25 heavy (non-hydrogen) atoms. The van der Waals surface area contributed by atoms with Crippen LogP contribution in [0.4, 0.5) is 5.69 Å². The first-order valence-corrected chi connectivity index (χ1v) is 8.44. The topological polar surface area (TPSA) is 83.7 Å². The molecule has 3 heterocycles. The van der Waals surface area contributed by atoms with Crippen LogP contribution in [0, 0.1) is 0 Å². The van der Waals surface area contributed by atoms with E-state index in [1.807, 2.05) is 31.3 Å². The number of fused-ring (bicyclic) bond motifs is 1. The summed E-state index contributed by atoms with van der Waals surface area (Å²) in [5.74, 6) is 1.64. The van der Waals surface area contributed by atoms with Crippen molar-refractivity contribution in [1.29, 1.82) is 0 Å². The largest absolute Gasteiger partial charge is 0.479 e.